The molecule has 1 unspecified atom stereocenters. The van der Waals surface area contributed by atoms with Gasteiger partial charge in [0.25, 0.3) is 0 Å². The van der Waals surface area contributed by atoms with Crippen molar-refractivity contribution in [3.63, 3.8) is 0 Å². The van der Waals surface area contributed by atoms with Crippen molar-refractivity contribution in [2.24, 2.45) is 0 Å². The van der Waals surface area contributed by atoms with E-state index in [1.165, 1.54) is 0 Å². The Morgan fingerprint density at radius 3 is 2.17 bits per heavy atom. The molecule has 1 aliphatic carbocycles. The lowest BCUT2D eigenvalue weighted by Crippen LogP contribution is -2.46. The lowest BCUT2D eigenvalue weighted by atomic mass is 9.84. The standard InChI is InChI=1S/C45H62N4O10/c1-45(2,3)59-44(54)47-38(39(50)16-17-40(51)48-41-35-6-4-5-7-36(35)42(52)43(41)53)28-37(30-8-12-32(13-9-30)56-23-18-34-29-46-19-24-57-34)31-10-14-33(15-11-31)58-27-22-49-20-25-55-26-21-49/h4-15,34,37-39,41-43,46,50,52-53H,16-29H2,1-3H3,(H,47,54)(H,48,51)/t34-,37?,38+,39+,41+,42-,43-/m1/s1. The largest absolute Gasteiger partial charge is 0.493 e. The van der Waals surface area contributed by atoms with Gasteiger partial charge in [-0.1, -0.05) is 48.5 Å². The number of aliphatic hydroxyl groups excluding tert-OH is 3. The summed E-state index contributed by atoms with van der Waals surface area (Å²) in [6.07, 6.45) is -3.09. The molecule has 0 spiro atoms. The van der Waals surface area contributed by atoms with E-state index in [0.29, 0.717) is 30.9 Å². The molecule has 2 amide bonds. The van der Waals surface area contributed by atoms with Crippen molar-refractivity contribution in [2.45, 2.75) is 94.5 Å². The van der Waals surface area contributed by atoms with Crippen LogP contribution in [0, 0.1) is 0 Å². The second-order valence-corrected chi connectivity index (χ2v) is 16.5. The van der Waals surface area contributed by atoms with Gasteiger partial charge in [-0.2, -0.15) is 0 Å². The normalized spacial score (nSPS) is 22.4. The zero-order valence-electron chi connectivity index (χ0n) is 34.5. The first kappa shape index (κ1) is 44.3. The summed E-state index contributed by atoms with van der Waals surface area (Å²) in [7, 11) is 0. The SMILES string of the molecule is CC(C)(C)OC(=O)N[C@@H](CC(c1ccc(OCC[C@@H]2CNCCO2)cc1)c1ccc(OCCN2CCOCC2)cc1)[C@@H](O)CCC(=O)N[C@H]1c2ccccc2[C@@H](O)[C@@H]1O. The molecule has 14 nitrogen and oxygen atoms in total. The average molecular weight is 819 g/mol. The van der Waals surface area contributed by atoms with Gasteiger partial charge in [-0.05, 0) is 80.1 Å². The summed E-state index contributed by atoms with van der Waals surface area (Å²) in [4.78, 5) is 28.9. The Bertz CT molecular complexity index is 1690. The van der Waals surface area contributed by atoms with Crippen LogP contribution >= 0.6 is 0 Å². The van der Waals surface area contributed by atoms with Crippen molar-refractivity contribution in [3.8, 4) is 11.5 Å². The lowest BCUT2D eigenvalue weighted by molar-refractivity contribution is -0.123. The van der Waals surface area contributed by atoms with E-state index in [1.54, 1.807) is 45.0 Å². The molecular weight excluding hydrogens is 757 g/mol. The third-order valence-corrected chi connectivity index (χ3v) is 11.0. The van der Waals surface area contributed by atoms with Crippen molar-refractivity contribution in [2.75, 3.05) is 65.8 Å². The number of nitrogens with zero attached hydrogens (tertiary/aromatic N) is 1. The molecule has 0 saturated carbocycles. The fraction of sp³-hybridized carbons (Fsp3) is 0.556. The maximum absolute atomic E-state index is 13.3. The van der Waals surface area contributed by atoms with Gasteiger partial charge in [-0.25, -0.2) is 4.79 Å². The van der Waals surface area contributed by atoms with Gasteiger partial charge in [0, 0.05) is 51.5 Å². The fourth-order valence-electron chi connectivity index (χ4n) is 7.82. The van der Waals surface area contributed by atoms with Crippen LogP contribution in [0.4, 0.5) is 4.79 Å². The summed E-state index contributed by atoms with van der Waals surface area (Å²) in [6.45, 7) is 12.8. The van der Waals surface area contributed by atoms with Gasteiger partial charge in [-0.15, -0.1) is 0 Å². The summed E-state index contributed by atoms with van der Waals surface area (Å²) in [6, 6.07) is 21.1. The van der Waals surface area contributed by atoms with Crippen molar-refractivity contribution in [1.29, 1.82) is 0 Å². The maximum Gasteiger partial charge on any atom is 0.407 e. The van der Waals surface area contributed by atoms with E-state index in [4.69, 9.17) is 23.7 Å². The molecule has 3 aromatic carbocycles. The van der Waals surface area contributed by atoms with Crippen LogP contribution in [0.5, 0.6) is 11.5 Å². The minimum atomic E-state index is -1.20. The molecule has 6 rings (SSSR count). The minimum Gasteiger partial charge on any atom is -0.493 e. The number of carbonyl (C=O) groups excluding carboxylic acids is 2. The van der Waals surface area contributed by atoms with Crippen LogP contribution in [0.1, 0.15) is 86.8 Å². The smallest absolute Gasteiger partial charge is 0.407 e. The Balaban J connectivity index is 1.17. The third kappa shape index (κ3) is 13.1. The predicted octanol–water partition coefficient (Wildman–Crippen LogP) is 3.98. The number of aliphatic hydroxyl groups is 3. The number of hydrogen-bond donors (Lipinski definition) is 6. The van der Waals surface area contributed by atoms with Crippen LogP contribution in [0.25, 0.3) is 0 Å². The highest BCUT2D eigenvalue weighted by Gasteiger charge is 2.39. The average Bonchev–Trinajstić information content (AvgIpc) is 3.46. The number of fused-ring (bicyclic) bond motifs is 1. The fourth-order valence-corrected chi connectivity index (χ4v) is 7.82. The number of alkyl carbamates (subject to hydrolysis) is 1. The van der Waals surface area contributed by atoms with E-state index in [9.17, 15) is 24.9 Å². The highest BCUT2D eigenvalue weighted by atomic mass is 16.6. The van der Waals surface area contributed by atoms with Gasteiger partial charge in [0.05, 0.1) is 50.7 Å². The van der Waals surface area contributed by atoms with Crippen molar-refractivity contribution in [3.05, 3.63) is 95.1 Å². The van der Waals surface area contributed by atoms with E-state index in [-0.39, 0.29) is 31.3 Å². The summed E-state index contributed by atoms with van der Waals surface area (Å²) >= 11 is 0. The summed E-state index contributed by atoms with van der Waals surface area (Å²) < 4.78 is 29.1. The van der Waals surface area contributed by atoms with Gasteiger partial charge in [0.15, 0.2) is 0 Å². The van der Waals surface area contributed by atoms with Gasteiger partial charge < -0.3 is 55.0 Å². The lowest BCUT2D eigenvalue weighted by Gasteiger charge is -2.30. The molecule has 3 aliphatic rings. The molecule has 3 aromatic rings. The Labute approximate surface area is 347 Å². The Kier molecular flexibility index (Phi) is 16.0. The molecule has 6 N–H and O–H groups in total. The number of rotatable bonds is 18. The predicted molar refractivity (Wildman–Crippen MR) is 222 cm³/mol. The first-order valence-corrected chi connectivity index (χ1v) is 20.9. The molecule has 0 aromatic heterocycles. The number of benzene rings is 3. The number of hydrogen-bond acceptors (Lipinski definition) is 12. The molecule has 14 heteroatoms. The van der Waals surface area contributed by atoms with E-state index >= 15 is 0 Å². The summed E-state index contributed by atoms with van der Waals surface area (Å²) in [5.74, 6) is 0.745. The second-order valence-electron chi connectivity index (χ2n) is 16.5. The van der Waals surface area contributed by atoms with Crippen molar-refractivity contribution < 1.29 is 48.6 Å². The molecule has 59 heavy (non-hydrogen) atoms. The first-order chi connectivity index (χ1) is 28.4. The quantitative estimate of drug-likeness (QED) is 0.109. The van der Waals surface area contributed by atoms with Crippen LogP contribution in [0.3, 0.4) is 0 Å². The summed E-state index contributed by atoms with van der Waals surface area (Å²) in [5.41, 5.74) is 2.31. The van der Waals surface area contributed by atoms with Gasteiger partial charge in [0.1, 0.15) is 35.9 Å². The molecule has 2 aliphatic heterocycles. The summed E-state index contributed by atoms with van der Waals surface area (Å²) in [5, 5.41) is 42.1. The van der Waals surface area contributed by atoms with Gasteiger partial charge in [0.2, 0.25) is 5.91 Å². The second kappa shape index (κ2) is 21.3. The van der Waals surface area contributed by atoms with Crippen molar-refractivity contribution >= 4 is 12.0 Å². The van der Waals surface area contributed by atoms with Crippen LogP contribution in [0.15, 0.2) is 72.8 Å². The molecule has 2 fully saturated rings. The van der Waals surface area contributed by atoms with Crippen LogP contribution in [-0.2, 0) is 19.0 Å². The Morgan fingerprint density at radius 2 is 1.54 bits per heavy atom. The highest BCUT2D eigenvalue weighted by Crippen LogP contribution is 2.39. The number of ether oxygens (including phenoxy) is 5. The Morgan fingerprint density at radius 1 is 0.898 bits per heavy atom. The van der Waals surface area contributed by atoms with Gasteiger partial charge in [-0.3, -0.25) is 9.69 Å². The minimum absolute atomic E-state index is 0.00889. The number of amides is 2. The first-order valence-electron chi connectivity index (χ1n) is 20.9. The molecule has 2 heterocycles. The molecule has 0 bridgehead atoms. The van der Waals surface area contributed by atoms with Crippen LogP contribution in [-0.4, -0.2) is 128 Å². The highest BCUT2D eigenvalue weighted by molar-refractivity contribution is 5.77. The topological polar surface area (TPSA) is 180 Å². The van der Waals surface area contributed by atoms with E-state index < -0.39 is 48.0 Å². The molecule has 0 radical (unpaired) electrons. The maximum atomic E-state index is 13.3. The Hall–Kier alpha value is -4.28. The van der Waals surface area contributed by atoms with Crippen LogP contribution < -0.4 is 25.4 Å². The van der Waals surface area contributed by atoms with E-state index in [0.717, 1.165) is 75.0 Å². The zero-order chi connectivity index (χ0) is 41.8. The monoisotopic (exact) mass is 818 g/mol. The van der Waals surface area contributed by atoms with E-state index in [2.05, 4.69) is 20.9 Å². The van der Waals surface area contributed by atoms with Crippen molar-refractivity contribution in [1.82, 2.24) is 20.9 Å². The number of morpholine rings is 2. The van der Waals surface area contributed by atoms with E-state index in [1.807, 2.05) is 48.5 Å². The number of carbonyl (C=O) groups is 2. The zero-order valence-corrected chi connectivity index (χ0v) is 34.5. The third-order valence-electron chi connectivity index (χ3n) is 11.0. The molecular formula is C45H62N4O10. The van der Waals surface area contributed by atoms with Gasteiger partial charge >= 0.3 is 6.09 Å². The molecule has 2 saturated heterocycles. The number of nitrogens with one attached hydrogen (secondary N) is 3. The molecule has 322 valence electrons. The molecule has 7 atom stereocenters. The van der Waals surface area contributed by atoms with Crippen LogP contribution in [0.2, 0.25) is 0 Å².